The molecule has 12 heteroatoms. The average molecular weight is 613 g/mol. The van der Waals surface area contributed by atoms with E-state index in [-0.39, 0.29) is 28.7 Å². The van der Waals surface area contributed by atoms with Gasteiger partial charge in [0.25, 0.3) is 0 Å². The molecule has 2 amide bonds. The van der Waals surface area contributed by atoms with Gasteiger partial charge in [-0.1, -0.05) is 71.2 Å². The van der Waals surface area contributed by atoms with Crippen LogP contribution in [-0.4, -0.2) is 58.1 Å². The fourth-order valence-corrected chi connectivity index (χ4v) is 5.39. The Labute approximate surface area is 243 Å². The van der Waals surface area contributed by atoms with Gasteiger partial charge in [0.15, 0.2) is 0 Å². The fourth-order valence-electron chi connectivity index (χ4n) is 3.98. The van der Waals surface area contributed by atoms with Crippen molar-refractivity contribution in [3.8, 4) is 5.75 Å². The molecule has 1 N–H and O–H groups in total. The van der Waals surface area contributed by atoms with E-state index in [1.165, 1.54) is 37.3 Å². The van der Waals surface area contributed by atoms with Crippen LogP contribution >= 0.6 is 34.8 Å². The fraction of sp³-hybridized carbons (Fsp3) is 0.259. The number of benzene rings is 3. The van der Waals surface area contributed by atoms with Crippen LogP contribution in [0.5, 0.6) is 5.75 Å². The molecular weight excluding hydrogens is 585 g/mol. The highest BCUT2D eigenvalue weighted by Crippen LogP contribution is 2.31. The Morgan fingerprint density at radius 1 is 0.923 bits per heavy atom. The third-order valence-corrected chi connectivity index (χ3v) is 8.13. The second kappa shape index (κ2) is 13.4. The molecule has 3 aromatic rings. The van der Waals surface area contributed by atoms with Gasteiger partial charge in [-0.2, -0.15) is 0 Å². The molecule has 0 aliphatic carbocycles. The van der Waals surface area contributed by atoms with Gasteiger partial charge in [-0.15, -0.1) is 0 Å². The molecule has 0 spiro atoms. The van der Waals surface area contributed by atoms with Crippen LogP contribution in [0.3, 0.4) is 0 Å². The molecule has 0 radical (unpaired) electrons. The number of nitrogens with one attached hydrogen (secondary N) is 1. The first-order valence-electron chi connectivity index (χ1n) is 11.7. The van der Waals surface area contributed by atoms with Crippen molar-refractivity contribution < 1.29 is 22.7 Å². The second-order valence-corrected chi connectivity index (χ2v) is 11.8. The van der Waals surface area contributed by atoms with E-state index in [1.54, 1.807) is 18.2 Å². The van der Waals surface area contributed by atoms with E-state index >= 15 is 0 Å². The maximum absolute atomic E-state index is 13.9. The highest BCUT2D eigenvalue weighted by atomic mass is 35.5. The predicted octanol–water partition coefficient (Wildman–Crippen LogP) is 4.81. The van der Waals surface area contributed by atoms with Crippen LogP contribution in [-0.2, 0) is 32.6 Å². The Bertz CT molecular complexity index is 1440. The summed E-state index contributed by atoms with van der Waals surface area (Å²) in [6.07, 6.45) is 1.18. The first-order valence-corrected chi connectivity index (χ1v) is 14.7. The summed E-state index contributed by atoms with van der Waals surface area (Å²) in [6.45, 7) is -0.604. The summed E-state index contributed by atoms with van der Waals surface area (Å²) in [5.74, 6) is -0.669. The van der Waals surface area contributed by atoms with Crippen molar-refractivity contribution in [3.05, 3.63) is 92.9 Å². The maximum Gasteiger partial charge on any atom is 0.244 e. The molecule has 3 rings (SSSR count). The van der Waals surface area contributed by atoms with Crippen molar-refractivity contribution in [1.29, 1.82) is 0 Å². The van der Waals surface area contributed by atoms with Gasteiger partial charge >= 0.3 is 0 Å². The molecular formula is C27H28Cl3N3O5S. The molecule has 0 aromatic heterocycles. The lowest BCUT2D eigenvalue weighted by Gasteiger charge is -2.33. The van der Waals surface area contributed by atoms with E-state index in [0.29, 0.717) is 16.3 Å². The number of amides is 2. The molecule has 0 bridgehead atoms. The monoisotopic (exact) mass is 611 g/mol. The zero-order chi connectivity index (χ0) is 28.7. The Morgan fingerprint density at radius 3 is 2.18 bits per heavy atom. The molecule has 208 valence electrons. The van der Waals surface area contributed by atoms with Crippen LogP contribution in [0.25, 0.3) is 0 Å². The van der Waals surface area contributed by atoms with Crippen LogP contribution in [0.1, 0.15) is 11.1 Å². The molecule has 8 nitrogen and oxygen atoms in total. The number of carbonyl (C=O) groups is 2. The molecule has 0 aliphatic rings. The minimum absolute atomic E-state index is 0.0262. The molecule has 39 heavy (non-hydrogen) atoms. The number of hydrogen-bond donors (Lipinski definition) is 1. The summed E-state index contributed by atoms with van der Waals surface area (Å²) in [4.78, 5) is 28.4. The molecule has 3 aromatic carbocycles. The number of nitrogens with zero attached hydrogens (tertiary/aromatic N) is 2. The first-order chi connectivity index (χ1) is 18.4. The van der Waals surface area contributed by atoms with Crippen LogP contribution in [0, 0.1) is 0 Å². The molecule has 1 unspecified atom stereocenters. The van der Waals surface area contributed by atoms with E-state index in [9.17, 15) is 18.0 Å². The third-order valence-electron chi connectivity index (χ3n) is 5.96. The number of sulfonamides is 1. The lowest BCUT2D eigenvalue weighted by atomic mass is 10.0. The van der Waals surface area contributed by atoms with Crippen LogP contribution < -0.4 is 14.4 Å². The summed E-state index contributed by atoms with van der Waals surface area (Å²) < 4.78 is 31.7. The number of anilines is 1. The average Bonchev–Trinajstić information content (AvgIpc) is 2.90. The number of halogens is 3. The molecule has 0 heterocycles. The van der Waals surface area contributed by atoms with Crippen LogP contribution in [0.15, 0.2) is 66.7 Å². The van der Waals surface area contributed by atoms with Gasteiger partial charge in [-0.25, -0.2) is 8.42 Å². The largest absolute Gasteiger partial charge is 0.495 e. The Morgan fingerprint density at radius 2 is 1.62 bits per heavy atom. The molecule has 0 saturated carbocycles. The Hall–Kier alpha value is -2.98. The predicted molar refractivity (Wildman–Crippen MR) is 155 cm³/mol. The summed E-state index contributed by atoms with van der Waals surface area (Å²) in [5, 5.41) is 3.42. The molecule has 0 aliphatic heterocycles. The van der Waals surface area contributed by atoms with Crippen molar-refractivity contribution in [1.82, 2.24) is 10.2 Å². The summed E-state index contributed by atoms with van der Waals surface area (Å²) >= 11 is 18.5. The SMILES string of the molecule is CNC(=O)C(Cc1ccccc1)N(Cc1ccc(Cl)c(Cl)c1)C(=O)CN(c1ccc(OC)c(Cl)c1)S(C)(=O)=O. The maximum atomic E-state index is 13.9. The van der Waals surface area contributed by atoms with Gasteiger partial charge < -0.3 is 15.0 Å². The highest BCUT2D eigenvalue weighted by molar-refractivity contribution is 7.92. The van der Waals surface area contributed by atoms with E-state index < -0.39 is 34.4 Å². The first kappa shape index (κ1) is 30.6. The van der Waals surface area contributed by atoms with Crippen LogP contribution in [0.4, 0.5) is 5.69 Å². The standard InChI is InChI=1S/C27H28Cl3N3O5S/c1-31-27(35)24(14-18-7-5-4-6-8-18)32(16-19-9-11-21(28)22(29)13-19)26(34)17-33(39(3,36)37)20-10-12-25(38-2)23(30)15-20/h4-13,15,24H,14,16-17H2,1-3H3,(H,31,35). The zero-order valence-corrected chi connectivity index (χ0v) is 24.6. The number of carbonyl (C=O) groups excluding carboxylic acids is 2. The summed E-state index contributed by atoms with van der Waals surface area (Å²) in [5.41, 5.74) is 1.60. The van der Waals surface area contributed by atoms with E-state index in [2.05, 4.69) is 5.32 Å². The van der Waals surface area contributed by atoms with Crippen molar-refractivity contribution >= 4 is 62.3 Å². The number of ether oxygens (including phenoxy) is 1. The second-order valence-electron chi connectivity index (χ2n) is 8.68. The van der Waals surface area contributed by atoms with E-state index in [4.69, 9.17) is 39.5 Å². The minimum atomic E-state index is -3.93. The minimum Gasteiger partial charge on any atom is -0.495 e. The number of rotatable bonds is 11. The Balaban J connectivity index is 2.05. The number of hydrogen-bond acceptors (Lipinski definition) is 5. The molecule has 1 atom stereocenters. The zero-order valence-electron chi connectivity index (χ0n) is 21.5. The van der Waals surface area contributed by atoms with E-state index in [0.717, 1.165) is 16.1 Å². The topological polar surface area (TPSA) is 96.0 Å². The van der Waals surface area contributed by atoms with Crippen molar-refractivity contribution in [2.75, 3.05) is 31.3 Å². The van der Waals surface area contributed by atoms with Crippen LogP contribution in [0.2, 0.25) is 15.1 Å². The van der Waals surface area contributed by atoms with E-state index in [1.807, 2.05) is 30.3 Å². The van der Waals surface area contributed by atoms with Gasteiger partial charge in [0, 0.05) is 20.0 Å². The lowest BCUT2D eigenvalue weighted by molar-refractivity contribution is -0.139. The van der Waals surface area contributed by atoms with Gasteiger partial charge in [0.05, 0.1) is 34.1 Å². The lowest BCUT2D eigenvalue weighted by Crippen LogP contribution is -2.52. The molecule has 0 saturated heterocycles. The smallest absolute Gasteiger partial charge is 0.244 e. The number of likely N-dealkylation sites (N-methyl/N-ethyl adjacent to an activating group) is 1. The van der Waals surface area contributed by atoms with Gasteiger partial charge in [-0.3, -0.25) is 13.9 Å². The van der Waals surface area contributed by atoms with Gasteiger partial charge in [0.1, 0.15) is 18.3 Å². The van der Waals surface area contributed by atoms with Gasteiger partial charge in [0.2, 0.25) is 21.8 Å². The summed E-state index contributed by atoms with van der Waals surface area (Å²) in [6, 6.07) is 17.5. The highest BCUT2D eigenvalue weighted by Gasteiger charge is 2.32. The van der Waals surface area contributed by atoms with Crippen molar-refractivity contribution in [2.24, 2.45) is 0 Å². The Kier molecular flexibility index (Phi) is 10.5. The van der Waals surface area contributed by atoms with Gasteiger partial charge in [-0.05, 0) is 41.5 Å². The quantitative estimate of drug-likeness (QED) is 0.335. The molecule has 0 fully saturated rings. The summed E-state index contributed by atoms with van der Waals surface area (Å²) in [7, 11) is -1.02. The normalized spacial score (nSPS) is 11.9. The third kappa shape index (κ3) is 8.02. The van der Waals surface area contributed by atoms with Crippen molar-refractivity contribution in [3.63, 3.8) is 0 Å². The van der Waals surface area contributed by atoms with Crippen molar-refractivity contribution in [2.45, 2.75) is 19.0 Å². The number of methoxy groups -OCH3 is 1.